The van der Waals surface area contributed by atoms with Crippen molar-refractivity contribution in [1.82, 2.24) is 20.1 Å². The van der Waals surface area contributed by atoms with Crippen molar-refractivity contribution in [1.29, 1.82) is 0 Å². The van der Waals surface area contributed by atoms with E-state index < -0.39 is 0 Å². The summed E-state index contributed by atoms with van der Waals surface area (Å²) < 4.78 is 15.5. The number of hydrogen-bond acceptors (Lipinski definition) is 3. The molecule has 140 valence electrons. The van der Waals surface area contributed by atoms with Crippen LogP contribution in [0.5, 0.6) is 0 Å². The number of aromatic nitrogens is 3. The van der Waals surface area contributed by atoms with Crippen LogP contribution >= 0.6 is 0 Å². The van der Waals surface area contributed by atoms with Crippen molar-refractivity contribution in [3.63, 3.8) is 0 Å². The van der Waals surface area contributed by atoms with Crippen molar-refractivity contribution in [2.24, 2.45) is 0 Å². The Labute approximate surface area is 160 Å². The van der Waals surface area contributed by atoms with E-state index in [1.165, 1.54) is 12.1 Å². The van der Waals surface area contributed by atoms with Gasteiger partial charge in [0.05, 0.1) is 5.69 Å². The lowest BCUT2D eigenvalue weighted by Crippen LogP contribution is -2.22. The zero-order valence-electron chi connectivity index (χ0n) is 15.2. The summed E-state index contributed by atoms with van der Waals surface area (Å²) >= 11 is 0. The Hall–Kier alpha value is -3.25. The predicted octanol–water partition coefficient (Wildman–Crippen LogP) is 3.77. The van der Waals surface area contributed by atoms with Crippen LogP contribution < -0.4 is 10.9 Å². The first kappa shape index (κ1) is 16.9. The van der Waals surface area contributed by atoms with Gasteiger partial charge in [-0.15, -0.1) is 0 Å². The van der Waals surface area contributed by atoms with Crippen molar-refractivity contribution < 1.29 is 4.39 Å². The largest absolute Gasteiger partial charge is 0.310 e. The van der Waals surface area contributed by atoms with Crippen LogP contribution in [-0.4, -0.2) is 20.8 Å². The van der Waals surface area contributed by atoms with Crippen molar-refractivity contribution in [3.05, 3.63) is 82.4 Å². The molecule has 1 fully saturated rings. The molecule has 0 aliphatic heterocycles. The molecule has 0 bridgehead atoms. The van der Waals surface area contributed by atoms with E-state index in [1.807, 2.05) is 42.5 Å². The molecule has 1 aliphatic rings. The second-order valence-electron chi connectivity index (χ2n) is 7.15. The number of halogens is 1. The van der Waals surface area contributed by atoms with E-state index in [1.54, 1.807) is 10.7 Å². The van der Waals surface area contributed by atoms with Gasteiger partial charge < -0.3 is 10.3 Å². The van der Waals surface area contributed by atoms with Crippen LogP contribution in [0, 0.1) is 5.82 Å². The summed E-state index contributed by atoms with van der Waals surface area (Å²) in [5, 5.41) is 8.89. The molecule has 5 nitrogen and oxygen atoms in total. The summed E-state index contributed by atoms with van der Waals surface area (Å²) in [6, 6.07) is 18.3. The third-order valence-corrected chi connectivity index (χ3v) is 5.02. The van der Waals surface area contributed by atoms with E-state index in [2.05, 4.69) is 10.3 Å². The predicted molar refractivity (Wildman–Crippen MR) is 107 cm³/mol. The fraction of sp³-hybridized carbons (Fsp3) is 0.182. The minimum Gasteiger partial charge on any atom is -0.310 e. The van der Waals surface area contributed by atoms with E-state index >= 15 is 0 Å². The smallest absolute Gasteiger partial charge is 0.254 e. The second-order valence-corrected chi connectivity index (χ2v) is 7.15. The summed E-state index contributed by atoms with van der Waals surface area (Å²) in [7, 11) is 0. The molecule has 2 heterocycles. The second kappa shape index (κ2) is 6.73. The number of nitrogens with zero attached hydrogens (tertiary/aromatic N) is 2. The molecule has 6 heteroatoms. The van der Waals surface area contributed by atoms with E-state index in [9.17, 15) is 9.18 Å². The molecule has 1 saturated carbocycles. The number of H-pyrrole nitrogens is 1. The fourth-order valence-corrected chi connectivity index (χ4v) is 3.39. The van der Waals surface area contributed by atoms with Gasteiger partial charge in [0.1, 0.15) is 17.2 Å². The van der Waals surface area contributed by atoms with Gasteiger partial charge in [-0.1, -0.05) is 30.3 Å². The highest BCUT2D eigenvalue weighted by Crippen LogP contribution is 2.29. The number of pyridine rings is 1. The maximum Gasteiger partial charge on any atom is 0.254 e. The van der Waals surface area contributed by atoms with Crippen LogP contribution in [-0.2, 0) is 6.54 Å². The molecule has 5 rings (SSSR count). The van der Waals surface area contributed by atoms with Crippen LogP contribution in [0.4, 0.5) is 4.39 Å². The number of fused-ring (bicyclic) bond motifs is 1. The fourth-order valence-electron chi connectivity index (χ4n) is 3.39. The first-order valence-electron chi connectivity index (χ1n) is 9.39. The Bertz CT molecular complexity index is 1210. The Morgan fingerprint density at radius 1 is 1.11 bits per heavy atom. The minimum absolute atomic E-state index is 0.136. The molecule has 2 aromatic carbocycles. The lowest BCUT2D eigenvalue weighted by Gasteiger charge is -2.05. The SMILES string of the molecule is O=c1[nH]c2c(cc1CNC1CC1)c(-c1cccc(F)c1)nn2-c1ccccc1. The number of nitrogens with one attached hydrogen (secondary N) is 2. The first-order chi connectivity index (χ1) is 13.7. The first-order valence-corrected chi connectivity index (χ1v) is 9.39. The summed E-state index contributed by atoms with van der Waals surface area (Å²) in [5.74, 6) is -0.319. The molecule has 0 unspecified atom stereocenters. The van der Waals surface area contributed by atoms with Gasteiger partial charge in [-0.05, 0) is 43.2 Å². The van der Waals surface area contributed by atoms with Gasteiger partial charge in [0, 0.05) is 29.1 Å². The van der Waals surface area contributed by atoms with Gasteiger partial charge in [-0.25, -0.2) is 9.07 Å². The van der Waals surface area contributed by atoms with Gasteiger partial charge >= 0.3 is 0 Å². The average Bonchev–Trinajstić information content (AvgIpc) is 3.47. The third kappa shape index (κ3) is 3.12. The Morgan fingerprint density at radius 2 is 1.93 bits per heavy atom. The lowest BCUT2D eigenvalue weighted by atomic mass is 10.1. The quantitative estimate of drug-likeness (QED) is 0.559. The van der Waals surface area contributed by atoms with Crippen molar-refractivity contribution >= 4 is 11.0 Å². The zero-order chi connectivity index (χ0) is 19.1. The van der Waals surface area contributed by atoms with E-state index in [4.69, 9.17) is 5.10 Å². The Balaban J connectivity index is 1.72. The lowest BCUT2D eigenvalue weighted by molar-refractivity contribution is 0.628. The minimum atomic E-state index is -0.319. The van der Waals surface area contributed by atoms with Gasteiger partial charge in [0.25, 0.3) is 5.56 Å². The highest BCUT2D eigenvalue weighted by Gasteiger charge is 2.22. The summed E-state index contributed by atoms with van der Waals surface area (Å²) in [6.07, 6.45) is 2.31. The van der Waals surface area contributed by atoms with E-state index in [0.717, 1.165) is 23.9 Å². The average molecular weight is 374 g/mol. The van der Waals surface area contributed by atoms with Gasteiger partial charge in [-0.3, -0.25) is 4.79 Å². The molecular formula is C22H19FN4O. The van der Waals surface area contributed by atoms with Crippen molar-refractivity contribution in [3.8, 4) is 16.9 Å². The molecule has 1 aliphatic carbocycles. The van der Waals surface area contributed by atoms with E-state index in [0.29, 0.717) is 35.1 Å². The van der Waals surface area contributed by atoms with E-state index in [-0.39, 0.29) is 11.4 Å². The zero-order valence-corrected chi connectivity index (χ0v) is 15.2. The van der Waals surface area contributed by atoms with Crippen LogP contribution in [0.2, 0.25) is 0 Å². The highest BCUT2D eigenvalue weighted by molar-refractivity contribution is 5.92. The summed E-state index contributed by atoms with van der Waals surface area (Å²) in [4.78, 5) is 15.6. The molecule has 0 radical (unpaired) electrons. The number of para-hydroxylation sites is 1. The van der Waals surface area contributed by atoms with Gasteiger partial charge in [0.2, 0.25) is 0 Å². The maximum atomic E-state index is 13.8. The Morgan fingerprint density at radius 3 is 2.68 bits per heavy atom. The topological polar surface area (TPSA) is 62.7 Å². The molecular weight excluding hydrogens is 355 g/mol. The van der Waals surface area contributed by atoms with Crippen LogP contribution in [0.1, 0.15) is 18.4 Å². The van der Waals surface area contributed by atoms with Gasteiger partial charge in [0.15, 0.2) is 0 Å². The number of hydrogen-bond donors (Lipinski definition) is 2. The van der Waals surface area contributed by atoms with Crippen molar-refractivity contribution in [2.75, 3.05) is 0 Å². The standard InChI is InChI=1S/C22H19FN4O/c23-16-6-4-5-14(11-16)20-19-12-15(13-24-17-9-10-17)22(28)25-21(19)27(26-20)18-7-2-1-3-8-18/h1-8,11-12,17,24H,9-10,13H2,(H,25,28). The molecule has 0 amide bonds. The summed E-state index contributed by atoms with van der Waals surface area (Å²) in [6.45, 7) is 0.509. The maximum absolute atomic E-state index is 13.8. The normalized spacial score (nSPS) is 13.9. The van der Waals surface area contributed by atoms with Gasteiger partial charge in [-0.2, -0.15) is 5.10 Å². The molecule has 4 aromatic rings. The monoisotopic (exact) mass is 374 g/mol. The highest BCUT2D eigenvalue weighted by atomic mass is 19.1. The third-order valence-electron chi connectivity index (χ3n) is 5.02. The summed E-state index contributed by atoms with van der Waals surface area (Å²) in [5.41, 5.74) is 3.27. The molecule has 2 aromatic heterocycles. The molecule has 0 spiro atoms. The Kier molecular flexibility index (Phi) is 4.06. The molecule has 0 saturated heterocycles. The molecule has 0 atom stereocenters. The number of benzene rings is 2. The van der Waals surface area contributed by atoms with Crippen LogP contribution in [0.15, 0.2) is 65.5 Å². The van der Waals surface area contributed by atoms with Crippen LogP contribution in [0.25, 0.3) is 28.0 Å². The molecule has 2 N–H and O–H groups in total. The molecule has 28 heavy (non-hydrogen) atoms. The number of aromatic amines is 1. The van der Waals surface area contributed by atoms with Crippen LogP contribution in [0.3, 0.4) is 0 Å². The van der Waals surface area contributed by atoms with Crippen molar-refractivity contribution in [2.45, 2.75) is 25.4 Å². The number of rotatable bonds is 5.